The van der Waals surface area contributed by atoms with Crippen LogP contribution in [0.1, 0.15) is 42.5 Å². The second-order valence-electron chi connectivity index (χ2n) is 8.83. The van der Waals surface area contributed by atoms with Gasteiger partial charge in [0.15, 0.2) is 5.13 Å². The Balaban J connectivity index is 1.70. The van der Waals surface area contributed by atoms with E-state index in [-0.39, 0.29) is 16.9 Å². The minimum atomic E-state index is -0.904. The van der Waals surface area contributed by atoms with E-state index in [4.69, 9.17) is 4.74 Å². The number of thiazole rings is 1. The van der Waals surface area contributed by atoms with Crippen LogP contribution < -0.4 is 9.64 Å². The summed E-state index contributed by atoms with van der Waals surface area (Å²) in [4.78, 5) is 32.6. The van der Waals surface area contributed by atoms with Gasteiger partial charge in [0.25, 0.3) is 5.78 Å². The van der Waals surface area contributed by atoms with Crippen molar-refractivity contribution in [3.63, 3.8) is 0 Å². The van der Waals surface area contributed by atoms with Gasteiger partial charge in [-0.1, -0.05) is 49.4 Å². The largest absolute Gasteiger partial charge is 0.507 e. The SMILES string of the molecule is COc1ccc2nc(N3C(=O)C(=O)C(=C(O)c4ccc(F)cc4)C3c3ccc(C(C)C)cc3)sc2c1. The third-order valence-electron chi connectivity index (χ3n) is 6.27. The zero-order chi connectivity index (χ0) is 25.6. The molecule has 0 saturated carbocycles. The van der Waals surface area contributed by atoms with Crippen LogP contribution in [-0.4, -0.2) is 28.9 Å². The van der Waals surface area contributed by atoms with E-state index in [0.717, 1.165) is 10.3 Å². The molecule has 1 aromatic heterocycles. The third kappa shape index (κ3) is 4.03. The first kappa shape index (κ1) is 23.7. The quantitative estimate of drug-likeness (QED) is 0.200. The molecule has 0 aliphatic carbocycles. The fourth-order valence-electron chi connectivity index (χ4n) is 4.29. The molecule has 4 aromatic rings. The number of amides is 1. The van der Waals surface area contributed by atoms with Gasteiger partial charge in [0, 0.05) is 5.56 Å². The first-order chi connectivity index (χ1) is 17.3. The lowest BCUT2D eigenvalue weighted by molar-refractivity contribution is -0.132. The highest BCUT2D eigenvalue weighted by Crippen LogP contribution is 2.44. The molecule has 1 amide bonds. The lowest BCUT2D eigenvalue weighted by Gasteiger charge is -2.23. The Morgan fingerprint density at radius 3 is 2.39 bits per heavy atom. The fourth-order valence-corrected chi connectivity index (χ4v) is 5.32. The zero-order valence-corrected chi connectivity index (χ0v) is 20.7. The molecule has 36 heavy (non-hydrogen) atoms. The van der Waals surface area contributed by atoms with Crippen LogP contribution in [-0.2, 0) is 9.59 Å². The Kier molecular flexibility index (Phi) is 6.05. The summed E-state index contributed by atoms with van der Waals surface area (Å²) in [5.74, 6) is -1.51. The molecular formula is C28H23FN2O4S. The molecule has 3 aromatic carbocycles. The number of ether oxygens (including phenoxy) is 1. The maximum absolute atomic E-state index is 13.5. The van der Waals surface area contributed by atoms with Crippen molar-refractivity contribution in [3.8, 4) is 5.75 Å². The molecule has 1 aliphatic heterocycles. The number of rotatable bonds is 5. The molecule has 1 atom stereocenters. The number of halogens is 1. The van der Waals surface area contributed by atoms with Crippen LogP contribution in [0.4, 0.5) is 9.52 Å². The number of nitrogens with zero attached hydrogens (tertiary/aromatic N) is 2. The molecular weight excluding hydrogens is 479 g/mol. The van der Waals surface area contributed by atoms with Gasteiger partial charge in [-0.3, -0.25) is 14.5 Å². The highest BCUT2D eigenvalue weighted by molar-refractivity contribution is 7.22. The number of aliphatic hydroxyl groups is 1. The van der Waals surface area contributed by atoms with E-state index in [1.807, 2.05) is 30.3 Å². The maximum Gasteiger partial charge on any atom is 0.301 e. The number of anilines is 1. The standard InChI is InChI=1S/C28H23FN2O4S/c1-15(2)16-4-6-17(7-5-16)24-23(25(32)18-8-10-19(29)11-9-18)26(33)27(34)31(24)28-30-21-13-12-20(35-3)14-22(21)36-28/h4-15,24,32H,1-3H3. The van der Waals surface area contributed by atoms with Crippen LogP contribution >= 0.6 is 11.3 Å². The van der Waals surface area contributed by atoms with Crippen LogP contribution in [0, 0.1) is 5.82 Å². The summed E-state index contributed by atoms with van der Waals surface area (Å²) in [6.45, 7) is 4.15. The van der Waals surface area contributed by atoms with Crippen LogP contribution in [0.25, 0.3) is 16.0 Å². The van der Waals surface area contributed by atoms with E-state index in [2.05, 4.69) is 18.8 Å². The second kappa shape index (κ2) is 9.20. The molecule has 1 N–H and O–H groups in total. The molecule has 8 heteroatoms. The zero-order valence-electron chi connectivity index (χ0n) is 19.9. The highest BCUT2D eigenvalue weighted by atomic mass is 32.1. The molecule has 182 valence electrons. The van der Waals surface area contributed by atoms with Gasteiger partial charge in [-0.25, -0.2) is 9.37 Å². The minimum Gasteiger partial charge on any atom is -0.507 e. The van der Waals surface area contributed by atoms with Crippen molar-refractivity contribution in [2.24, 2.45) is 0 Å². The number of hydrogen-bond acceptors (Lipinski definition) is 6. The number of Topliss-reactive ketones (excluding diaryl/α,β-unsaturated/α-hetero) is 1. The molecule has 1 unspecified atom stereocenters. The molecule has 2 heterocycles. The molecule has 1 fully saturated rings. The molecule has 6 nitrogen and oxygen atoms in total. The second-order valence-corrected chi connectivity index (χ2v) is 9.84. The van der Waals surface area contributed by atoms with E-state index in [0.29, 0.717) is 27.9 Å². The Bertz CT molecular complexity index is 1510. The van der Waals surface area contributed by atoms with Gasteiger partial charge in [-0.15, -0.1) is 0 Å². The van der Waals surface area contributed by atoms with Crippen molar-refractivity contribution in [2.45, 2.75) is 25.8 Å². The van der Waals surface area contributed by atoms with Crippen LogP contribution in [0.5, 0.6) is 5.75 Å². The monoisotopic (exact) mass is 502 g/mol. The van der Waals surface area contributed by atoms with Gasteiger partial charge in [0.2, 0.25) is 0 Å². The fraction of sp³-hybridized carbons (Fsp3) is 0.179. The van der Waals surface area contributed by atoms with E-state index in [1.54, 1.807) is 19.2 Å². The topological polar surface area (TPSA) is 79.7 Å². The number of benzene rings is 3. The lowest BCUT2D eigenvalue weighted by Crippen LogP contribution is -2.29. The molecule has 0 spiro atoms. The van der Waals surface area contributed by atoms with E-state index < -0.39 is 23.5 Å². The van der Waals surface area contributed by atoms with Crippen LogP contribution in [0.3, 0.4) is 0 Å². The number of ketones is 1. The van der Waals surface area contributed by atoms with Crippen molar-refractivity contribution in [1.82, 2.24) is 4.98 Å². The minimum absolute atomic E-state index is 0.0688. The van der Waals surface area contributed by atoms with Gasteiger partial charge in [-0.05, 0) is 59.5 Å². The average molecular weight is 503 g/mol. The molecule has 0 bridgehead atoms. The maximum atomic E-state index is 13.5. The number of hydrogen-bond donors (Lipinski definition) is 1. The molecule has 5 rings (SSSR count). The number of aromatic nitrogens is 1. The number of methoxy groups -OCH3 is 1. The highest BCUT2D eigenvalue weighted by Gasteiger charge is 2.48. The molecule has 0 radical (unpaired) electrons. The summed E-state index contributed by atoms with van der Waals surface area (Å²) >= 11 is 1.26. The van der Waals surface area contributed by atoms with Crippen LogP contribution in [0.15, 0.2) is 72.3 Å². The Labute approximate surface area is 211 Å². The Morgan fingerprint density at radius 2 is 1.75 bits per heavy atom. The van der Waals surface area contributed by atoms with Crippen molar-refractivity contribution >= 4 is 44.1 Å². The summed E-state index contributed by atoms with van der Waals surface area (Å²) < 4.78 is 19.6. The van der Waals surface area contributed by atoms with Crippen LogP contribution in [0.2, 0.25) is 0 Å². The Morgan fingerprint density at radius 1 is 1.06 bits per heavy atom. The van der Waals surface area contributed by atoms with Gasteiger partial charge in [0.1, 0.15) is 17.3 Å². The Hall–Kier alpha value is -4.04. The first-order valence-electron chi connectivity index (χ1n) is 11.4. The smallest absolute Gasteiger partial charge is 0.301 e. The van der Waals surface area contributed by atoms with E-state index in [9.17, 15) is 19.1 Å². The van der Waals surface area contributed by atoms with Crippen molar-refractivity contribution < 1.29 is 23.8 Å². The van der Waals surface area contributed by atoms with Crippen molar-refractivity contribution in [1.29, 1.82) is 0 Å². The van der Waals surface area contributed by atoms with E-state index >= 15 is 0 Å². The lowest BCUT2D eigenvalue weighted by atomic mass is 9.93. The van der Waals surface area contributed by atoms with E-state index in [1.165, 1.54) is 40.5 Å². The number of aliphatic hydroxyl groups excluding tert-OH is 1. The van der Waals surface area contributed by atoms with Gasteiger partial charge in [-0.2, -0.15) is 0 Å². The summed E-state index contributed by atoms with van der Waals surface area (Å²) in [5, 5.41) is 11.5. The van der Waals surface area contributed by atoms with Gasteiger partial charge >= 0.3 is 5.91 Å². The van der Waals surface area contributed by atoms with Crippen molar-refractivity contribution in [2.75, 3.05) is 12.0 Å². The molecule has 1 aliphatic rings. The average Bonchev–Trinajstić information content (AvgIpc) is 3.41. The first-order valence-corrected chi connectivity index (χ1v) is 12.2. The van der Waals surface area contributed by atoms with Crippen molar-refractivity contribution in [3.05, 3.63) is 94.8 Å². The number of carbonyl (C=O) groups excluding carboxylic acids is 2. The molecule has 1 saturated heterocycles. The third-order valence-corrected chi connectivity index (χ3v) is 7.29. The summed E-state index contributed by atoms with van der Waals surface area (Å²) in [7, 11) is 1.57. The predicted molar refractivity (Wildman–Crippen MR) is 138 cm³/mol. The predicted octanol–water partition coefficient (Wildman–Crippen LogP) is 6.19. The summed E-state index contributed by atoms with van der Waals surface area (Å²) in [6.07, 6.45) is 0. The number of carbonyl (C=O) groups is 2. The number of fused-ring (bicyclic) bond motifs is 1. The summed E-state index contributed by atoms with van der Waals surface area (Å²) in [6, 6.07) is 17.2. The van der Waals surface area contributed by atoms with Gasteiger partial charge < -0.3 is 9.84 Å². The normalized spacial score (nSPS) is 17.4. The summed E-state index contributed by atoms with van der Waals surface area (Å²) in [5.41, 5.74) is 2.58. The van der Waals surface area contributed by atoms with Gasteiger partial charge in [0.05, 0.1) is 28.9 Å².